The molecule has 0 spiro atoms. The average Bonchev–Trinajstić information content (AvgIpc) is 3.35. The van der Waals surface area contributed by atoms with Gasteiger partial charge in [-0.3, -0.25) is 4.79 Å². The van der Waals surface area contributed by atoms with Crippen LogP contribution in [0.2, 0.25) is 0 Å². The molecule has 0 atom stereocenters. The van der Waals surface area contributed by atoms with Gasteiger partial charge in [0.15, 0.2) is 5.78 Å². The Labute approximate surface area is 165 Å². The number of fused-ring (bicyclic) bond motifs is 1. The molecule has 3 aromatic carbocycles. The van der Waals surface area contributed by atoms with Gasteiger partial charge in [-0.1, -0.05) is 91.0 Å². The van der Waals surface area contributed by atoms with Gasteiger partial charge in [-0.2, -0.15) is 0 Å². The van der Waals surface area contributed by atoms with Crippen LogP contribution in [0.15, 0.2) is 91.0 Å². The molecule has 2 nitrogen and oxygen atoms in total. The minimum absolute atomic E-state index is 0.118. The molecular formula is C26H21NO. The minimum atomic E-state index is 0.118. The van der Waals surface area contributed by atoms with E-state index in [9.17, 15) is 4.79 Å². The highest BCUT2D eigenvalue weighted by molar-refractivity contribution is 6.16. The van der Waals surface area contributed by atoms with Crippen molar-refractivity contribution in [3.63, 3.8) is 0 Å². The van der Waals surface area contributed by atoms with Crippen molar-refractivity contribution < 1.29 is 4.79 Å². The Bertz CT molecular complexity index is 1130. The quantitative estimate of drug-likeness (QED) is 0.408. The van der Waals surface area contributed by atoms with Gasteiger partial charge >= 0.3 is 0 Å². The lowest BCUT2D eigenvalue weighted by atomic mass is 9.91. The summed E-state index contributed by atoms with van der Waals surface area (Å²) in [7, 11) is 0. The van der Waals surface area contributed by atoms with Crippen LogP contribution in [-0.2, 0) is 13.0 Å². The van der Waals surface area contributed by atoms with Crippen LogP contribution in [-0.4, -0.2) is 10.4 Å². The molecule has 0 radical (unpaired) electrons. The number of rotatable bonds is 4. The van der Waals surface area contributed by atoms with Crippen molar-refractivity contribution in [2.45, 2.75) is 19.4 Å². The first-order valence-electron chi connectivity index (χ1n) is 9.80. The van der Waals surface area contributed by atoms with E-state index < -0.39 is 0 Å². The number of hydrogen-bond acceptors (Lipinski definition) is 1. The zero-order valence-electron chi connectivity index (χ0n) is 15.6. The van der Waals surface area contributed by atoms with Crippen molar-refractivity contribution in [2.75, 3.05) is 0 Å². The van der Waals surface area contributed by atoms with Crippen molar-refractivity contribution in [3.05, 3.63) is 108 Å². The van der Waals surface area contributed by atoms with E-state index in [4.69, 9.17) is 0 Å². The van der Waals surface area contributed by atoms with Crippen LogP contribution in [0.25, 0.3) is 22.4 Å². The second kappa shape index (κ2) is 6.97. The van der Waals surface area contributed by atoms with E-state index in [2.05, 4.69) is 41.0 Å². The third-order valence-corrected chi connectivity index (χ3v) is 5.54. The summed E-state index contributed by atoms with van der Waals surface area (Å²) in [6, 6.07) is 30.4. The Morgan fingerprint density at radius 3 is 1.93 bits per heavy atom. The summed E-state index contributed by atoms with van der Waals surface area (Å²) in [5.74, 6) is 0.118. The van der Waals surface area contributed by atoms with Gasteiger partial charge in [-0.05, 0) is 24.0 Å². The summed E-state index contributed by atoms with van der Waals surface area (Å²) < 4.78 is 2.37. The van der Waals surface area contributed by atoms with Crippen LogP contribution in [0.3, 0.4) is 0 Å². The molecule has 2 heteroatoms. The molecule has 0 aliphatic carbocycles. The number of ketones is 1. The number of carbonyl (C=O) groups excluding carboxylic acids is 1. The lowest BCUT2D eigenvalue weighted by Gasteiger charge is -2.11. The number of nitrogens with zero attached hydrogens (tertiary/aromatic N) is 1. The van der Waals surface area contributed by atoms with Crippen molar-refractivity contribution >= 4 is 5.78 Å². The van der Waals surface area contributed by atoms with Crippen molar-refractivity contribution in [1.82, 2.24) is 4.57 Å². The third-order valence-electron chi connectivity index (χ3n) is 5.54. The van der Waals surface area contributed by atoms with Gasteiger partial charge in [-0.25, -0.2) is 0 Å². The van der Waals surface area contributed by atoms with Crippen LogP contribution in [0.4, 0.5) is 0 Å². The molecule has 28 heavy (non-hydrogen) atoms. The lowest BCUT2D eigenvalue weighted by Crippen LogP contribution is -2.05. The first kappa shape index (κ1) is 16.8. The fraction of sp³-hybridized carbons (Fsp3) is 0.115. The molecule has 0 saturated heterocycles. The van der Waals surface area contributed by atoms with E-state index in [0.29, 0.717) is 0 Å². The molecule has 4 aromatic rings. The highest BCUT2D eigenvalue weighted by atomic mass is 16.1. The van der Waals surface area contributed by atoms with E-state index in [1.165, 1.54) is 11.4 Å². The Morgan fingerprint density at radius 2 is 1.29 bits per heavy atom. The van der Waals surface area contributed by atoms with Gasteiger partial charge < -0.3 is 4.57 Å². The average molecular weight is 363 g/mol. The van der Waals surface area contributed by atoms with Crippen molar-refractivity contribution in [3.8, 4) is 22.4 Å². The summed E-state index contributed by atoms with van der Waals surface area (Å²) in [6.45, 7) is 0.960. The van der Waals surface area contributed by atoms with Crippen LogP contribution in [0.1, 0.15) is 28.0 Å². The van der Waals surface area contributed by atoms with Gasteiger partial charge in [0.1, 0.15) is 0 Å². The predicted molar refractivity (Wildman–Crippen MR) is 113 cm³/mol. The molecule has 2 heterocycles. The Morgan fingerprint density at radius 1 is 0.714 bits per heavy atom. The first-order valence-corrected chi connectivity index (χ1v) is 9.80. The molecule has 0 saturated carbocycles. The Balaban J connectivity index is 1.83. The van der Waals surface area contributed by atoms with Crippen LogP contribution < -0.4 is 0 Å². The molecule has 0 N–H and O–H groups in total. The van der Waals surface area contributed by atoms with E-state index in [1.807, 2.05) is 54.6 Å². The molecule has 1 aromatic heterocycles. The topological polar surface area (TPSA) is 22.0 Å². The second-order valence-corrected chi connectivity index (χ2v) is 7.23. The van der Waals surface area contributed by atoms with Crippen LogP contribution in [0.5, 0.6) is 0 Å². The number of carbonyl (C=O) groups is 1. The van der Waals surface area contributed by atoms with E-state index in [1.54, 1.807) is 0 Å². The zero-order valence-corrected chi connectivity index (χ0v) is 15.6. The molecule has 5 rings (SSSR count). The molecule has 0 fully saturated rings. The molecule has 1 aliphatic rings. The molecule has 136 valence electrons. The molecule has 0 unspecified atom stereocenters. The van der Waals surface area contributed by atoms with Crippen LogP contribution in [0, 0.1) is 0 Å². The van der Waals surface area contributed by atoms with Gasteiger partial charge in [0, 0.05) is 23.4 Å². The monoisotopic (exact) mass is 363 g/mol. The Hall–Kier alpha value is -3.39. The van der Waals surface area contributed by atoms with E-state index >= 15 is 0 Å². The molecular weight excluding hydrogens is 342 g/mol. The molecule has 1 aliphatic heterocycles. The predicted octanol–water partition coefficient (Wildman–Crippen LogP) is 6.00. The lowest BCUT2D eigenvalue weighted by molar-refractivity contribution is 0.103. The minimum Gasteiger partial charge on any atom is -0.343 e. The zero-order chi connectivity index (χ0) is 18.9. The fourth-order valence-corrected chi connectivity index (χ4v) is 4.34. The van der Waals surface area contributed by atoms with Crippen molar-refractivity contribution in [1.29, 1.82) is 0 Å². The highest BCUT2D eigenvalue weighted by Crippen LogP contribution is 2.42. The maximum atomic E-state index is 13.6. The number of hydrogen-bond donors (Lipinski definition) is 0. The fourth-order valence-electron chi connectivity index (χ4n) is 4.34. The summed E-state index contributed by atoms with van der Waals surface area (Å²) in [4.78, 5) is 13.6. The third kappa shape index (κ3) is 2.69. The van der Waals surface area contributed by atoms with Gasteiger partial charge in [0.25, 0.3) is 0 Å². The summed E-state index contributed by atoms with van der Waals surface area (Å²) in [6.07, 6.45) is 2.03. The van der Waals surface area contributed by atoms with E-state index in [0.717, 1.165) is 47.2 Å². The van der Waals surface area contributed by atoms with Gasteiger partial charge in [0.05, 0.1) is 11.3 Å². The second-order valence-electron chi connectivity index (χ2n) is 7.23. The normalized spacial score (nSPS) is 12.7. The maximum Gasteiger partial charge on any atom is 0.195 e. The summed E-state index contributed by atoms with van der Waals surface area (Å²) in [5, 5.41) is 0. The summed E-state index contributed by atoms with van der Waals surface area (Å²) >= 11 is 0. The number of benzene rings is 3. The smallest absolute Gasteiger partial charge is 0.195 e. The van der Waals surface area contributed by atoms with Gasteiger partial charge in [0.2, 0.25) is 0 Å². The Kier molecular flexibility index (Phi) is 4.17. The number of aromatic nitrogens is 1. The standard InChI is InChI=1S/C26H21NO/c28-26(21-15-8-3-9-16-21)24-22-17-10-18-27(22)25(20-13-6-2-7-14-20)23(24)19-11-4-1-5-12-19/h1-9,11-16H,10,17-18H2. The first-order chi connectivity index (χ1) is 13.8. The highest BCUT2D eigenvalue weighted by Gasteiger charge is 2.31. The summed E-state index contributed by atoms with van der Waals surface area (Å²) in [5.41, 5.74) is 7.29. The molecule has 0 bridgehead atoms. The molecule has 0 amide bonds. The van der Waals surface area contributed by atoms with E-state index in [-0.39, 0.29) is 5.78 Å². The largest absolute Gasteiger partial charge is 0.343 e. The van der Waals surface area contributed by atoms with Crippen LogP contribution >= 0.6 is 0 Å². The SMILES string of the molecule is O=C(c1ccccc1)c1c(-c2ccccc2)c(-c2ccccc2)n2c1CCC2. The maximum absolute atomic E-state index is 13.6. The van der Waals surface area contributed by atoms with Crippen molar-refractivity contribution in [2.24, 2.45) is 0 Å². The van der Waals surface area contributed by atoms with Gasteiger partial charge in [-0.15, -0.1) is 0 Å².